The summed E-state index contributed by atoms with van der Waals surface area (Å²) in [6.07, 6.45) is 3.99. The molecule has 2 aromatic rings. The number of pyridine rings is 1. The number of aliphatic imine (C=N–C) groups is 1. The zero-order chi connectivity index (χ0) is 13.7. The maximum absolute atomic E-state index is 4.53. The molecule has 2 N–H and O–H groups in total. The Hall–Kier alpha value is -1.56. The van der Waals surface area contributed by atoms with Crippen LogP contribution in [0.4, 0.5) is 0 Å². The summed E-state index contributed by atoms with van der Waals surface area (Å²) in [4.78, 5) is 9.02. The second-order valence-electron chi connectivity index (χ2n) is 4.07. The third-order valence-corrected chi connectivity index (χ3v) is 3.02. The average Bonchev–Trinajstić information content (AvgIpc) is 2.78. The Morgan fingerprint density at radius 2 is 2.00 bits per heavy atom. The number of hydrogen-bond donors (Lipinski definition) is 2. The summed E-state index contributed by atoms with van der Waals surface area (Å²) in [7, 11) is 0. The van der Waals surface area contributed by atoms with E-state index >= 15 is 0 Å². The lowest BCUT2D eigenvalue weighted by Gasteiger charge is -2.08. The topological polar surface area (TPSA) is 53.7 Å². The Bertz CT molecular complexity index is 567. The van der Waals surface area contributed by atoms with Crippen molar-refractivity contribution >= 4 is 27.5 Å². The van der Waals surface area contributed by atoms with E-state index in [-0.39, 0.29) is 0 Å². The highest BCUT2D eigenvalue weighted by molar-refractivity contribution is 9.10. The summed E-state index contributed by atoms with van der Waals surface area (Å²) < 4.78 is 3.03. The van der Waals surface area contributed by atoms with Crippen LogP contribution in [0.1, 0.15) is 19.5 Å². The van der Waals surface area contributed by atoms with Crippen LogP contribution in [0.5, 0.6) is 0 Å². The van der Waals surface area contributed by atoms with E-state index < -0.39 is 0 Å². The zero-order valence-electron chi connectivity index (χ0n) is 11.2. The van der Waals surface area contributed by atoms with E-state index in [0.717, 1.165) is 34.9 Å². The van der Waals surface area contributed by atoms with Crippen molar-refractivity contribution in [2.24, 2.45) is 4.99 Å². The summed E-state index contributed by atoms with van der Waals surface area (Å²) in [6.45, 7) is 6.37. The van der Waals surface area contributed by atoms with Crippen molar-refractivity contribution in [2.75, 3.05) is 13.1 Å². The molecule has 102 valence electrons. The molecular formula is C13H18BrN5. The fourth-order valence-electron chi connectivity index (χ4n) is 1.76. The first-order valence-electron chi connectivity index (χ1n) is 6.38. The van der Waals surface area contributed by atoms with Crippen LogP contribution in [0.3, 0.4) is 0 Å². The fourth-order valence-corrected chi connectivity index (χ4v) is 2.12. The minimum absolute atomic E-state index is 0.564. The molecule has 0 aromatic carbocycles. The number of hydrogen-bond acceptors (Lipinski definition) is 2. The van der Waals surface area contributed by atoms with Crippen molar-refractivity contribution in [1.29, 1.82) is 0 Å². The molecule has 0 atom stereocenters. The predicted molar refractivity (Wildman–Crippen MR) is 81.4 cm³/mol. The molecule has 2 rings (SSSR count). The minimum Gasteiger partial charge on any atom is -0.357 e. The summed E-state index contributed by atoms with van der Waals surface area (Å²) in [5, 5.41) is 6.39. The zero-order valence-corrected chi connectivity index (χ0v) is 12.7. The number of nitrogens with one attached hydrogen (secondary N) is 2. The molecule has 2 aromatic heterocycles. The maximum Gasteiger partial charge on any atom is 0.191 e. The summed E-state index contributed by atoms with van der Waals surface area (Å²) >= 11 is 3.45. The number of aromatic nitrogens is 2. The summed E-state index contributed by atoms with van der Waals surface area (Å²) in [5.41, 5.74) is 1.88. The molecule has 0 radical (unpaired) electrons. The van der Waals surface area contributed by atoms with Crippen LogP contribution in [0, 0.1) is 0 Å². The van der Waals surface area contributed by atoms with E-state index in [1.54, 1.807) is 0 Å². The number of imidazole rings is 1. The molecule has 6 heteroatoms. The maximum atomic E-state index is 4.53. The molecule has 19 heavy (non-hydrogen) atoms. The van der Waals surface area contributed by atoms with Gasteiger partial charge in [-0.25, -0.2) is 9.98 Å². The van der Waals surface area contributed by atoms with Crippen molar-refractivity contribution in [2.45, 2.75) is 20.4 Å². The lowest BCUT2D eigenvalue weighted by Crippen LogP contribution is -2.36. The highest BCUT2D eigenvalue weighted by Crippen LogP contribution is 2.12. The lowest BCUT2D eigenvalue weighted by atomic mass is 10.5. The van der Waals surface area contributed by atoms with E-state index in [9.17, 15) is 0 Å². The molecule has 0 aliphatic rings. The van der Waals surface area contributed by atoms with Gasteiger partial charge in [-0.3, -0.25) is 0 Å². The van der Waals surface area contributed by atoms with Crippen molar-refractivity contribution < 1.29 is 0 Å². The highest BCUT2D eigenvalue weighted by Gasteiger charge is 2.02. The SMILES string of the molecule is CCNC(=NCc1cn2cc(Br)ccc2n1)NCC. The molecule has 0 bridgehead atoms. The largest absolute Gasteiger partial charge is 0.357 e. The molecule has 5 nitrogen and oxygen atoms in total. The van der Waals surface area contributed by atoms with Crippen molar-refractivity contribution in [1.82, 2.24) is 20.0 Å². The molecule has 0 saturated carbocycles. The molecule has 0 aliphatic carbocycles. The Morgan fingerprint density at radius 1 is 1.26 bits per heavy atom. The van der Waals surface area contributed by atoms with Gasteiger partial charge in [-0.05, 0) is 41.9 Å². The van der Waals surface area contributed by atoms with Gasteiger partial charge < -0.3 is 15.0 Å². The molecule has 0 spiro atoms. The van der Waals surface area contributed by atoms with Crippen LogP contribution in [-0.4, -0.2) is 28.4 Å². The number of halogens is 1. The van der Waals surface area contributed by atoms with E-state index in [2.05, 4.69) is 50.4 Å². The van der Waals surface area contributed by atoms with Crippen LogP contribution >= 0.6 is 15.9 Å². The summed E-state index contributed by atoms with van der Waals surface area (Å²) in [5.74, 6) is 0.822. The molecule has 0 saturated heterocycles. The molecule has 2 heterocycles. The smallest absolute Gasteiger partial charge is 0.191 e. The van der Waals surface area contributed by atoms with Gasteiger partial charge in [0.2, 0.25) is 0 Å². The molecular weight excluding hydrogens is 306 g/mol. The van der Waals surface area contributed by atoms with Gasteiger partial charge in [0.15, 0.2) is 5.96 Å². The van der Waals surface area contributed by atoms with Crippen molar-refractivity contribution in [3.63, 3.8) is 0 Å². The van der Waals surface area contributed by atoms with E-state index in [0.29, 0.717) is 6.54 Å². The highest BCUT2D eigenvalue weighted by atomic mass is 79.9. The molecule has 0 unspecified atom stereocenters. The van der Waals surface area contributed by atoms with Crippen LogP contribution in [-0.2, 0) is 6.54 Å². The average molecular weight is 324 g/mol. The van der Waals surface area contributed by atoms with Crippen molar-refractivity contribution in [3.05, 3.63) is 34.7 Å². The molecule has 0 amide bonds. The normalized spacial score (nSPS) is 10.5. The minimum atomic E-state index is 0.564. The number of guanidine groups is 1. The Labute approximate surface area is 121 Å². The Kier molecular flexibility index (Phi) is 4.79. The quantitative estimate of drug-likeness (QED) is 0.669. The van der Waals surface area contributed by atoms with E-state index in [1.165, 1.54) is 0 Å². The number of rotatable bonds is 4. The molecule has 0 fully saturated rings. The van der Waals surface area contributed by atoms with Gasteiger partial charge in [-0.15, -0.1) is 0 Å². The second-order valence-corrected chi connectivity index (χ2v) is 4.99. The van der Waals surface area contributed by atoms with Gasteiger partial charge in [-0.1, -0.05) is 0 Å². The van der Waals surface area contributed by atoms with Crippen LogP contribution in [0.25, 0.3) is 5.65 Å². The first kappa shape index (κ1) is 13.9. The molecule has 0 aliphatic heterocycles. The van der Waals surface area contributed by atoms with E-state index in [4.69, 9.17) is 0 Å². The van der Waals surface area contributed by atoms with Gasteiger partial charge in [0, 0.05) is 30.0 Å². The van der Waals surface area contributed by atoms with Gasteiger partial charge in [0.25, 0.3) is 0 Å². The van der Waals surface area contributed by atoms with Crippen molar-refractivity contribution in [3.8, 4) is 0 Å². The first-order chi connectivity index (χ1) is 9.22. The van der Waals surface area contributed by atoms with Crippen LogP contribution < -0.4 is 10.6 Å². The number of fused-ring (bicyclic) bond motifs is 1. The monoisotopic (exact) mass is 323 g/mol. The predicted octanol–water partition coefficient (Wildman–Crippen LogP) is 2.17. The Morgan fingerprint density at radius 3 is 2.68 bits per heavy atom. The standard InChI is InChI=1S/C13H18BrN5/c1-3-15-13(16-4-2)17-7-11-9-19-8-10(14)5-6-12(19)18-11/h5-6,8-9H,3-4,7H2,1-2H3,(H2,15,16,17). The van der Waals surface area contributed by atoms with Gasteiger partial charge in [0.1, 0.15) is 5.65 Å². The van der Waals surface area contributed by atoms with Crippen LogP contribution in [0.15, 0.2) is 34.0 Å². The third kappa shape index (κ3) is 3.70. The van der Waals surface area contributed by atoms with Gasteiger partial charge in [0.05, 0.1) is 12.2 Å². The van der Waals surface area contributed by atoms with E-state index in [1.807, 2.05) is 28.9 Å². The van der Waals surface area contributed by atoms with Gasteiger partial charge >= 0.3 is 0 Å². The lowest BCUT2D eigenvalue weighted by molar-refractivity contribution is 0.835. The van der Waals surface area contributed by atoms with Gasteiger partial charge in [-0.2, -0.15) is 0 Å². The van der Waals surface area contributed by atoms with Crippen LogP contribution in [0.2, 0.25) is 0 Å². The first-order valence-corrected chi connectivity index (χ1v) is 7.17. The fraction of sp³-hybridized carbons (Fsp3) is 0.385. The Balaban J connectivity index is 2.13. The summed E-state index contributed by atoms with van der Waals surface area (Å²) in [6, 6.07) is 3.96. The second kappa shape index (κ2) is 6.56. The number of nitrogens with zero attached hydrogens (tertiary/aromatic N) is 3. The third-order valence-electron chi connectivity index (χ3n) is 2.55.